The molecule has 2 aromatic rings. The van der Waals surface area contributed by atoms with Crippen molar-refractivity contribution in [1.82, 2.24) is 25.3 Å². The summed E-state index contributed by atoms with van der Waals surface area (Å²) < 4.78 is 1.84. The Hall–Kier alpha value is -1.75. The molecule has 0 radical (unpaired) electrons. The molecule has 0 aliphatic carbocycles. The third kappa shape index (κ3) is 3.64. The van der Waals surface area contributed by atoms with E-state index in [1.165, 1.54) is 5.56 Å². The number of nitrogens with zero attached hydrogens (tertiary/aromatic N) is 4. The Kier molecular flexibility index (Phi) is 4.21. The Morgan fingerprint density at radius 1 is 1.35 bits per heavy atom. The standard InChI is InChI=1S/C12H17N5/c1-11-4-2-6-14-12(11)10-13-5-3-8-17-9-7-15-16-17/h2,4,6-7,9,13H,3,5,8,10H2,1H3. The second kappa shape index (κ2) is 6.10. The summed E-state index contributed by atoms with van der Waals surface area (Å²) in [5.74, 6) is 0. The molecule has 0 unspecified atom stereocenters. The number of aryl methyl sites for hydroxylation is 2. The van der Waals surface area contributed by atoms with Gasteiger partial charge in [0.25, 0.3) is 0 Å². The number of hydrogen-bond donors (Lipinski definition) is 1. The zero-order valence-corrected chi connectivity index (χ0v) is 10.0. The maximum absolute atomic E-state index is 4.34. The van der Waals surface area contributed by atoms with Gasteiger partial charge in [-0.25, -0.2) is 0 Å². The maximum atomic E-state index is 4.34. The van der Waals surface area contributed by atoms with Gasteiger partial charge in [-0.2, -0.15) is 0 Å². The predicted octanol–water partition coefficient (Wildman–Crippen LogP) is 1.16. The molecule has 0 bridgehead atoms. The molecule has 0 fully saturated rings. The van der Waals surface area contributed by atoms with Crippen LogP contribution >= 0.6 is 0 Å². The van der Waals surface area contributed by atoms with E-state index >= 15 is 0 Å². The van der Waals surface area contributed by atoms with E-state index < -0.39 is 0 Å². The lowest BCUT2D eigenvalue weighted by Gasteiger charge is -2.06. The van der Waals surface area contributed by atoms with E-state index in [2.05, 4.69) is 33.6 Å². The van der Waals surface area contributed by atoms with Crippen molar-refractivity contribution in [3.8, 4) is 0 Å². The van der Waals surface area contributed by atoms with Crippen LogP contribution in [0.25, 0.3) is 0 Å². The van der Waals surface area contributed by atoms with Gasteiger partial charge in [-0.15, -0.1) is 5.10 Å². The van der Waals surface area contributed by atoms with Gasteiger partial charge in [0.05, 0.1) is 11.9 Å². The Morgan fingerprint density at radius 3 is 3.06 bits per heavy atom. The molecular formula is C12H17N5. The van der Waals surface area contributed by atoms with E-state index in [0.717, 1.165) is 31.7 Å². The number of pyridine rings is 1. The van der Waals surface area contributed by atoms with E-state index in [1.807, 2.05) is 23.1 Å². The van der Waals surface area contributed by atoms with Crippen LogP contribution in [0.15, 0.2) is 30.7 Å². The second-order valence-corrected chi connectivity index (χ2v) is 3.96. The summed E-state index contributed by atoms with van der Waals surface area (Å²) in [6.45, 7) is 4.76. The van der Waals surface area contributed by atoms with Crippen LogP contribution in [0, 0.1) is 6.92 Å². The zero-order valence-electron chi connectivity index (χ0n) is 10.0. The summed E-state index contributed by atoms with van der Waals surface area (Å²) in [4.78, 5) is 4.34. The minimum atomic E-state index is 0.823. The fraction of sp³-hybridized carbons (Fsp3) is 0.417. The van der Waals surface area contributed by atoms with Gasteiger partial charge in [0.2, 0.25) is 0 Å². The molecule has 2 heterocycles. The molecular weight excluding hydrogens is 214 g/mol. The minimum absolute atomic E-state index is 0.823. The van der Waals surface area contributed by atoms with Gasteiger partial charge in [0, 0.05) is 25.5 Å². The molecule has 0 atom stereocenters. The van der Waals surface area contributed by atoms with Crippen molar-refractivity contribution in [3.63, 3.8) is 0 Å². The van der Waals surface area contributed by atoms with Gasteiger partial charge in [0.15, 0.2) is 0 Å². The van der Waals surface area contributed by atoms with Crippen LogP contribution < -0.4 is 5.32 Å². The van der Waals surface area contributed by atoms with Crippen LogP contribution in [0.4, 0.5) is 0 Å². The average molecular weight is 231 g/mol. The first-order valence-electron chi connectivity index (χ1n) is 5.81. The Bertz CT molecular complexity index is 438. The summed E-state index contributed by atoms with van der Waals surface area (Å²) in [5.41, 5.74) is 2.35. The molecule has 0 spiro atoms. The third-order valence-electron chi connectivity index (χ3n) is 2.62. The largest absolute Gasteiger partial charge is 0.311 e. The third-order valence-corrected chi connectivity index (χ3v) is 2.62. The number of hydrogen-bond acceptors (Lipinski definition) is 4. The summed E-state index contributed by atoms with van der Waals surface area (Å²) >= 11 is 0. The van der Waals surface area contributed by atoms with Crippen molar-refractivity contribution in [2.75, 3.05) is 6.54 Å². The zero-order chi connectivity index (χ0) is 11.9. The molecule has 5 heteroatoms. The van der Waals surface area contributed by atoms with Crippen molar-refractivity contribution in [2.45, 2.75) is 26.4 Å². The van der Waals surface area contributed by atoms with Crippen LogP contribution in [0.2, 0.25) is 0 Å². The highest BCUT2D eigenvalue weighted by molar-refractivity contribution is 5.17. The first kappa shape index (κ1) is 11.7. The van der Waals surface area contributed by atoms with Gasteiger partial charge >= 0.3 is 0 Å². The fourth-order valence-corrected chi connectivity index (χ4v) is 1.63. The average Bonchev–Trinajstić information content (AvgIpc) is 2.84. The Morgan fingerprint density at radius 2 is 2.29 bits per heavy atom. The summed E-state index contributed by atoms with van der Waals surface area (Å²) in [5, 5.41) is 11.1. The van der Waals surface area contributed by atoms with Crippen LogP contribution in [0.5, 0.6) is 0 Å². The molecule has 0 saturated carbocycles. The van der Waals surface area contributed by atoms with E-state index in [4.69, 9.17) is 0 Å². The lowest BCUT2D eigenvalue weighted by molar-refractivity contribution is 0.528. The van der Waals surface area contributed by atoms with Crippen LogP contribution in [0.1, 0.15) is 17.7 Å². The maximum Gasteiger partial charge on any atom is 0.0692 e. The topological polar surface area (TPSA) is 55.6 Å². The smallest absolute Gasteiger partial charge is 0.0692 e. The van der Waals surface area contributed by atoms with Gasteiger partial charge in [-0.3, -0.25) is 9.67 Å². The minimum Gasteiger partial charge on any atom is -0.311 e. The lowest BCUT2D eigenvalue weighted by Crippen LogP contribution is -2.18. The van der Waals surface area contributed by atoms with Crippen LogP contribution in [-0.2, 0) is 13.1 Å². The molecule has 2 rings (SSSR count). The quantitative estimate of drug-likeness (QED) is 0.758. The molecule has 90 valence electrons. The monoisotopic (exact) mass is 231 g/mol. The van der Waals surface area contributed by atoms with Crippen LogP contribution in [-0.4, -0.2) is 26.5 Å². The molecule has 1 N–H and O–H groups in total. The van der Waals surface area contributed by atoms with E-state index in [9.17, 15) is 0 Å². The van der Waals surface area contributed by atoms with Gasteiger partial charge in [-0.05, 0) is 31.5 Å². The highest BCUT2D eigenvalue weighted by Crippen LogP contribution is 2.01. The van der Waals surface area contributed by atoms with E-state index in [0.29, 0.717) is 0 Å². The first-order valence-corrected chi connectivity index (χ1v) is 5.81. The molecule has 0 amide bonds. The lowest BCUT2D eigenvalue weighted by atomic mass is 10.2. The van der Waals surface area contributed by atoms with Crippen molar-refractivity contribution >= 4 is 0 Å². The fourth-order valence-electron chi connectivity index (χ4n) is 1.63. The molecule has 2 aromatic heterocycles. The Labute approximate surface area is 101 Å². The molecule has 0 saturated heterocycles. The molecule has 0 aliphatic rings. The van der Waals surface area contributed by atoms with Gasteiger partial charge in [0.1, 0.15) is 0 Å². The summed E-state index contributed by atoms with van der Waals surface area (Å²) in [6, 6.07) is 4.04. The van der Waals surface area contributed by atoms with Crippen molar-refractivity contribution < 1.29 is 0 Å². The second-order valence-electron chi connectivity index (χ2n) is 3.96. The highest BCUT2D eigenvalue weighted by atomic mass is 15.4. The van der Waals surface area contributed by atoms with E-state index in [-0.39, 0.29) is 0 Å². The number of aromatic nitrogens is 4. The van der Waals surface area contributed by atoms with Crippen molar-refractivity contribution in [1.29, 1.82) is 0 Å². The highest BCUT2D eigenvalue weighted by Gasteiger charge is 1.97. The van der Waals surface area contributed by atoms with Gasteiger partial charge in [-0.1, -0.05) is 11.3 Å². The predicted molar refractivity (Wildman–Crippen MR) is 65.3 cm³/mol. The molecule has 0 aromatic carbocycles. The summed E-state index contributed by atoms with van der Waals surface area (Å²) in [6.07, 6.45) is 6.45. The molecule has 17 heavy (non-hydrogen) atoms. The normalized spacial score (nSPS) is 10.6. The first-order chi connectivity index (χ1) is 8.36. The molecule has 0 aliphatic heterocycles. The SMILES string of the molecule is Cc1cccnc1CNCCCn1ccnn1. The number of rotatable bonds is 6. The van der Waals surface area contributed by atoms with E-state index in [1.54, 1.807) is 6.20 Å². The summed E-state index contributed by atoms with van der Waals surface area (Å²) in [7, 11) is 0. The number of nitrogens with one attached hydrogen (secondary N) is 1. The van der Waals surface area contributed by atoms with Gasteiger partial charge < -0.3 is 5.32 Å². The molecule has 5 nitrogen and oxygen atoms in total. The van der Waals surface area contributed by atoms with Crippen molar-refractivity contribution in [2.24, 2.45) is 0 Å². The Balaban J connectivity index is 1.65. The van der Waals surface area contributed by atoms with Crippen LogP contribution in [0.3, 0.4) is 0 Å². The van der Waals surface area contributed by atoms with Crippen molar-refractivity contribution in [3.05, 3.63) is 42.0 Å².